The van der Waals surface area contributed by atoms with Crippen LogP contribution in [0.25, 0.3) is 11.1 Å². The minimum Gasteiger partial charge on any atom is -0.340 e. The van der Waals surface area contributed by atoms with Gasteiger partial charge in [-0.15, -0.1) is 0 Å². The third-order valence-electron chi connectivity index (χ3n) is 4.29. The Morgan fingerprint density at radius 3 is 2.25 bits per heavy atom. The number of likely N-dealkylation sites (N-methyl/N-ethyl adjacent to an activating group) is 1. The quantitative estimate of drug-likeness (QED) is 0.633. The minimum absolute atomic E-state index is 0.615. The van der Waals surface area contributed by atoms with E-state index in [1.54, 1.807) is 0 Å². The fourth-order valence-electron chi connectivity index (χ4n) is 2.77. The van der Waals surface area contributed by atoms with Crippen molar-refractivity contribution in [2.24, 2.45) is 0 Å². The number of halogens is 1. The molecule has 0 saturated heterocycles. The third kappa shape index (κ3) is 5.08. The van der Waals surface area contributed by atoms with Crippen LogP contribution in [-0.2, 0) is 11.3 Å². The number of carbonyl (C=O) groups excluding carboxylic acids is 1. The summed E-state index contributed by atoms with van der Waals surface area (Å²) in [5, 5.41) is 0.727. The fraction of sp³-hybridized carbons (Fsp3) is 0.350. The minimum atomic E-state index is 0.615. The van der Waals surface area contributed by atoms with Crippen molar-refractivity contribution in [2.45, 2.75) is 20.4 Å². The van der Waals surface area contributed by atoms with Crippen LogP contribution in [0, 0.1) is 0 Å². The van der Waals surface area contributed by atoms with E-state index in [1.807, 2.05) is 41.3 Å². The summed E-state index contributed by atoms with van der Waals surface area (Å²) >= 11 is 5.98. The summed E-state index contributed by atoms with van der Waals surface area (Å²) in [5.41, 5.74) is 3.40. The molecule has 1 amide bonds. The molecule has 0 heterocycles. The van der Waals surface area contributed by atoms with Gasteiger partial charge in [0.25, 0.3) is 0 Å². The monoisotopic (exact) mass is 344 g/mol. The standard InChI is InChI=1S/C20H25ClN2O/c1-3-22(4-2)13-14-23(16-24)15-18-7-5-6-8-20(18)17-9-11-19(21)12-10-17/h5-12,16H,3-4,13-15H2,1-2H3. The smallest absolute Gasteiger partial charge is 0.210 e. The molecule has 0 N–H and O–H groups in total. The molecule has 0 bridgehead atoms. The lowest BCUT2D eigenvalue weighted by Gasteiger charge is -2.24. The predicted molar refractivity (Wildman–Crippen MR) is 101 cm³/mol. The maximum atomic E-state index is 11.5. The highest BCUT2D eigenvalue weighted by Crippen LogP contribution is 2.26. The van der Waals surface area contributed by atoms with Gasteiger partial charge in [0.05, 0.1) is 0 Å². The van der Waals surface area contributed by atoms with Crippen LogP contribution in [-0.4, -0.2) is 42.4 Å². The summed E-state index contributed by atoms with van der Waals surface area (Å²) in [6.45, 7) is 8.54. The number of amides is 1. The molecule has 0 aliphatic heterocycles. The van der Waals surface area contributed by atoms with E-state index in [0.717, 1.165) is 54.3 Å². The van der Waals surface area contributed by atoms with Gasteiger partial charge in [-0.25, -0.2) is 0 Å². The molecule has 0 fully saturated rings. The van der Waals surface area contributed by atoms with E-state index >= 15 is 0 Å². The van der Waals surface area contributed by atoms with Crippen molar-refractivity contribution < 1.29 is 4.79 Å². The molecular formula is C20H25ClN2O. The molecule has 0 aliphatic carbocycles. The topological polar surface area (TPSA) is 23.6 Å². The van der Waals surface area contributed by atoms with Crippen LogP contribution in [0.1, 0.15) is 19.4 Å². The molecule has 2 aromatic rings. The molecule has 2 rings (SSSR count). The van der Waals surface area contributed by atoms with Crippen LogP contribution in [0.4, 0.5) is 0 Å². The van der Waals surface area contributed by atoms with E-state index in [1.165, 1.54) is 0 Å². The van der Waals surface area contributed by atoms with Crippen molar-refractivity contribution in [1.82, 2.24) is 9.80 Å². The van der Waals surface area contributed by atoms with E-state index in [4.69, 9.17) is 11.6 Å². The van der Waals surface area contributed by atoms with Crippen molar-refractivity contribution in [3.63, 3.8) is 0 Å². The first-order valence-electron chi connectivity index (χ1n) is 8.43. The molecule has 0 saturated carbocycles. The van der Waals surface area contributed by atoms with E-state index < -0.39 is 0 Å². The summed E-state index contributed by atoms with van der Waals surface area (Å²) in [4.78, 5) is 15.6. The van der Waals surface area contributed by atoms with Crippen LogP contribution in [0.15, 0.2) is 48.5 Å². The molecule has 0 aliphatic rings. The van der Waals surface area contributed by atoms with Gasteiger partial charge in [-0.2, -0.15) is 0 Å². The third-order valence-corrected chi connectivity index (χ3v) is 4.54. The van der Waals surface area contributed by atoms with Gasteiger partial charge >= 0.3 is 0 Å². The Labute approximate surface area is 149 Å². The molecule has 0 aromatic heterocycles. The lowest BCUT2D eigenvalue weighted by atomic mass is 9.99. The van der Waals surface area contributed by atoms with E-state index in [2.05, 4.69) is 30.9 Å². The van der Waals surface area contributed by atoms with Crippen molar-refractivity contribution in [2.75, 3.05) is 26.2 Å². The number of nitrogens with zero attached hydrogens (tertiary/aromatic N) is 2. The number of hydrogen-bond donors (Lipinski definition) is 0. The first kappa shape index (κ1) is 18.5. The number of hydrogen-bond acceptors (Lipinski definition) is 2. The van der Waals surface area contributed by atoms with Crippen LogP contribution in [0.5, 0.6) is 0 Å². The number of carbonyl (C=O) groups is 1. The van der Waals surface area contributed by atoms with E-state index in [-0.39, 0.29) is 0 Å². The largest absolute Gasteiger partial charge is 0.340 e. The average molecular weight is 345 g/mol. The molecule has 0 atom stereocenters. The molecule has 4 heteroatoms. The van der Waals surface area contributed by atoms with Gasteiger partial charge in [-0.05, 0) is 41.9 Å². The Bertz CT molecular complexity index is 638. The summed E-state index contributed by atoms with van der Waals surface area (Å²) in [6.07, 6.45) is 0.947. The van der Waals surface area contributed by atoms with Crippen LogP contribution in [0.2, 0.25) is 5.02 Å². The summed E-state index contributed by atoms with van der Waals surface area (Å²) in [6, 6.07) is 16.0. The lowest BCUT2D eigenvalue weighted by molar-refractivity contribution is -0.118. The Kier molecular flexibility index (Phi) is 7.29. The normalized spacial score (nSPS) is 10.8. The first-order valence-corrected chi connectivity index (χ1v) is 8.81. The van der Waals surface area contributed by atoms with Crippen LogP contribution < -0.4 is 0 Å². The predicted octanol–water partition coefficient (Wildman–Crippen LogP) is 4.31. The van der Waals surface area contributed by atoms with Gasteiger partial charge in [0.15, 0.2) is 0 Å². The molecule has 24 heavy (non-hydrogen) atoms. The van der Waals surface area contributed by atoms with E-state index in [0.29, 0.717) is 6.54 Å². The van der Waals surface area contributed by atoms with Crippen LogP contribution in [0.3, 0.4) is 0 Å². The summed E-state index contributed by atoms with van der Waals surface area (Å²) in [5.74, 6) is 0. The van der Waals surface area contributed by atoms with Gasteiger partial charge in [-0.1, -0.05) is 61.8 Å². The summed E-state index contributed by atoms with van der Waals surface area (Å²) in [7, 11) is 0. The maximum absolute atomic E-state index is 11.5. The highest BCUT2D eigenvalue weighted by molar-refractivity contribution is 6.30. The van der Waals surface area contributed by atoms with Crippen LogP contribution >= 0.6 is 11.6 Å². The fourth-order valence-corrected chi connectivity index (χ4v) is 2.89. The summed E-state index contributed by atoms with van der Waals surface area (Å²) < 4.78 is 0. The van der Waals surface area contributed by atoms with Gasteiger partial charge < -0.3 is 9.80 Å². The Hall–Kier alpha value is -1.84. The second-order valence-electron chi connectivity index (χ2n) is 5.77. The van der Waals surface area contributed by atoms with Gasteiger partial charge in [0.2, 0.25) is 6.41 Å². The SMILES string of the molecule is CCN(CC)CCN(C=O)Cc1ccccc1-c1ccc(Cl)cc1. The molecule has 2 aromatic carbocycles. The molecule has 128 valence electrons. The Balaban J connectivity index is 2.13. The van der Waals surface area contributed by atoms with Gasteiger partial charge in [0, 0.05) is 24.7 Å². The molecule has 3 nitrogen and oxygen atoms in total. The van der Waals surface area contributed by atoms with Crippen molar-refractivity contribution in [3.05, 3.63) is 59.1 Å². The zero-order valence-electron chi connectivity index (χ0n) is 14.4. The number of benzene rings is 2. The second-order valence-corrected chi connectivity index (χ2v) is 6.20. The van der Waals surface area contributed by atoms with Gasteiger partial charge in [-0.3, -0.25) is 4.79 Å². The average Bonchev–Trinajstić information content (AvgIpc) is 2.62. The highest BCUT2D eigenvalue weighted by atomic mass is 35.5. The first-order chi connectivity index (χ1) is 11.7. The van der Waals surface area contributed by atoms with Crippen molar-refractivity contribution in [1.29, 1.82) is 0 Å². The van der Waals surface area contributed by atoms with Crippen molar-refractivity contribution in [3.8, 4) is 11.1 Å². The molecule has 0 spiro atoms. The Morgan fingerprint density at radius 1 is 0.958 bits per heavy atom. The van der Waals surface area contributed by atoms with Crippen molar-refractivity contribution >= 4 is 18.0 Å². The second kappa shape index (κ2) is 9.45. The highest BCUT2D eigenvalue weighted by Gasteiger charge is 2.10. The van der Waals surface area contributed by atoms with E-state index in [9.17, 15) is 4.79 Å². The Morgan fingerprint density at radius 2 is 1.62 bits per heavy atom. The molecular weight excluding hydrogens is 320 g/mol. The molecule has 0 unspecified atom stereocenters. The number of rotatable bonds is 9. The zero-order valence-corrected chi connectivity index (χ0v) is 15.2. The zero-order chi connectivity index (χ0) is 17.4. The lowest BCUT2D eigenvalue weighted by Crippen LogP contribution is -2.34. The van der Waals surface area contributed by atoms with Gasteiger partial charge in [0.1, 0.15) is 0 Å². The molecule has 0 radical (unpaired) electrons. The maximum Gasteiger partial charge on any atom is 0.210 e.